The van der Waals surface area contributed by atoms with Crippen LogP contribution in [0, 0.1) is 0 Å². The second kappa shape index (κ2) is 7.61. The van der Waals surface area contributed by atoms with Crippen molar-refractivity contribution in [2.75, 3.05) is 14.2 Å². The molecule has 0 aliphatic rings. The summed E-state index contributed by atoms with van der Waals surface area (Å²) < 4.78 is 16.2. The number of nitrogens with zero attached hydrogens (tertiary/aromatic N) is 2. The van der Waals surface area contributed by atoms with Crippen LogP contribution in [0.15, 0.2) is 52.9 Å². The fourth-order valence-electron chi connectivity index (χ4n) is 2.35. The molecule has 0 aliphatic carbocycles. The zero-order valence-electron chi connectivity index (χ0n) is 13.7. The monoisotopic (exact) mass is 325 g/mol. The number of aromatic nitrogens is 2. The Kier molecular flexibility index (Phi) is 5.08. The van der Waals surface area contributed by atoms with Crippen molar-refractivity contribution < 1.29 is 13.9 Å². The van der Waals surface area contributed by atoms with Gasteiger partial charge in [-0.1, -0.05) is 24.3 Å². The number of hydrogen-bond acceptors (Lipinski definition) is 6. The van der Waals surface area contributed by atoms with Gasteiger partial charge in [-0.05, 0) is 24.3 Å². The SMILES string of the molecule is COc1cccc(-c2nnc(CNCc3ccccc3OC)o2)c1. The maximum absolute atomic E-state index is 5.69. The summed E-state index contributed by atoms with van der Waals surface area (Å²) in [5.74, 6) is 2.61. The summed E-state index contributed by atoms with van der Waals surface area (Å²) in [5.41, 5.74) is 1.91. The van der Waals surface area contributed by atoms with Crippen LogP contribution in [0.4, 0.5) is 0 Å². The van der Waals surface area contributed by atoms with E-state index in [1.807, 2.05) is 48.5 Å². The number of ether oxygens (including phenoxy) is 2. The van der Waals surface area contributed by atoms with Crippen LogP contribution in [0.2, 0.25) is 0 Å². The predicted octanol–water partition coefficient (Wildman–Crippen LogP) is 3.04. The zero-order chi connectivity index (χ0) is 16.8. The third kappa shape index (κ3) is 3.72. The van der Waals surface area contributed by atoms with Crippen LogP contribution < -0.4 is 14.8 Å². The fraction of sp³-hybridized carbons (Fsp3) is 0.222. The molecule has 0 aliphatic heterocycles. The van der Waals surface area contributed by atoms with Gasteiger partial charge in [0.1, 0.15) is 11.5 Å². The molecular formula is C18H19N3O3. The quantitative estimate of drug-likeness (QED) is 0.720. The van der Waals surface area contributed by atoms with Crippen molar-refractivity contribution in [1.82, 2.24) is 15.5 Å². The smallest absolute Gasteiger partial charge is 0.247 e. The van der Waals surface area contributed by atoms with Gasteiger partial charge in [0.25, 0.3) is 0 Å². The molecule has 6 nitrogen and oxygen atoms in total. The summed E-state index contributed by atoms with van der Waals surface area (Å²) in [7, 11) is 3.29. The average molecular weight is 325 g/mol. The van der Waals surface area contributed by atoms with E-state index < -0.39 is 0 Å². The van der Waals surface area contributed by atoms with E-state index in [1.54, 1.807) is 14.2 Å². The molecule has 0 radical (unpaired) electrons. The van der Waals surface area contributed by atoms with E-state index in [0.717, 1.165) is 22.6 Å². The number of para-hydroxylation sites is 1. The maximum atomic E-state index is 5.69. The third-order valence-corrected chi connectivity index (χ3v) is 3.57. The molecule has 1 aromatic heterocycles. The van der Waals surface area contributed by atoms with Crippen molar-refractivity contribution in [3.63, 3.8) is 0 Å². The lowest BCUT2D eigenvalue weighted by Crippen LogP contribution is -2.13. The molecular weight excluding hydrogens is 306 g/mol. The van der Waals surface area contributed by atoms with Gasteiger partial charge in [-0.3, -0.25) is 0 Å². The highest BCUT2D eigenvalue weighted by atomic mass is 16.5. The van der Waals surface area contributed by atoms with Gasteiger partial charge >= 0.3 is 0 Å². The van der Waals surface area contributed by atoms with Crippen LogP contribution in [0.5, 0.6) is 11.5 Å². The summed E-state index contributed by atoms with van der Waals surface area (Å²) in [6.07, 6.45) is 0. The molecule has 0 atom stereocenters. The van der Waals surface area contributed by atoms with Crippen LogP contribution in [0.25, 0.3) is 11.5 Å². The summed E-state index contributed by atoms with van der Waals surface area (Å²) in [6.45, 7) is 1.13. The number of methoxy groups -OCH3 is 2. The first-order chi connectivity index (χ1) is 11.8. The molecule has 0 fully saturated rings. The molecule has 6 heteroatoms. The topological polar surface area (TPSA) is 69.4 Å². The standard InChI is InChI=1S/C18H19N3O3/c1-22-15-8-5-7-13(10-15)18-21-20-17(24-18)12-19-11-14-6-3-4-9-16(14)23-2/h3-10,19H,11-12H2,1-2H3. The van der Waals surface area contributed by atoms with Crippen molar-refractivity contribution in [3.8, 4) is 23.0 Å². The lowest BCUT2D eigenvalue weighted by molar-refractivity contribution is 0.406. The summed E-state index contributed by atoms with van der Waals surface area (Å²) in [6, 6.07) is 15.4. The van der Waals surface area contributed by atoms with Crippen molar-refractivity contribution in [2.45, 2.75) is 13.1 Å². The summed E-state index contributed by atoms with van der Waals surface area (Å²) in [5, 5.41) is 11.4. The molecule has 3 rings (SSSR count). The summed E-state index contributed by atoms with van der Waals surface area (Å²) >= 11 is 0. The third-order valence-electron chi connectivity index (χ3n) is 3.57. The van der Waals surface area contributed by atoms with Gasteiger partial charge in [0.15, 0.2) is 0 Å². The maximum Gasteiger partial charge on any atom is 0.247 e. The van der Waals surface area contributed by atoms with E-state index in [1.165, 1.54) is 0 Å². The Balaban J connectivity index is 1.62. The van der Waals surface area contributed by atoms with Gasteiger partial charge in [0.2, 0.25) is 11.8 Å². The minimum absolute atomic E-state index is 0.475. The van der Waals surface area contributed by atoms with Crippen LogP contribution >= 0.6 is 0 Å². The fourth-order valence-corrected chi connectivity index (χ4v) is 2.35. The first kappa shape index (κ1) is 16.0. The molecule has 1 N–H and O–H groups in total. The van der Waals surface area contributed by atoms with Crippen molar-refractivity contribution in [2.24, 2.45) is 0 Å². The van der Waals surface area contributed by atoms with Crippen molar-refractivity contribution in [3.05, 3.63) is 60.0 Å². The Morgan fingerprint density at radius 1 is 0.958 bits per heavy atom. The number of benzene rings is 2. The van der Waals surface area contributed by atoms with Gasteiger partial charge < -0.3 is 19.2 Å². The van der Waals surface area contributed by atoms with E-state index in [2.05, 4.69) is 15.5 Å². The molecule has 0 saturated heterocycles. The molecule has 0 bridgehead atoms. The molecule has 24 heavy (non-hydrogen) atoms. The minimum Gasteiger partial charge on any atom is -0.497 e. The highest BCUT2D eigenvalue weighted by Crippen LogP contribution is 2.22. The van der Waals surface area contributed by atoms with Gasteiger partial charge in [-0.2, -0.15) is 0 Å². The van der Waals surface area contributed by atoms with Gasteiger partial charge in [0, 0.05) is 17.7 Å². The highest BCUT2D eigenvalue weighted by Gasteiger charge is 2.09. The lowest BCUT2D eigenvalue weighted by Gasteiger charge is -2.07. The molecule has 0 amide bonds. The van der Waals surface area contributed by atoms with Crippen LogP contribution in [0.3, 0.4) is 0 Å². The van der Waals surface area contributed by atoms with Gasteiger partial charge in [-0.25, -0.2) is 0 Å². The van der Waals surface area contributed by atoms with Gasteiger partial charge in [0.05, 0.1) is 20.8 Å². The normalized spacial score (nSPS) is 10.6. The first-order valence-electron chi connectivity index (χ1n) is 7.59. The van der Waals surface area contributed by atoms with Crippen LogP contribution in [-0.4, -0.2) is 24.4 Å². The van der Waals surface area contributed by atoms with Crippen LogP contribution in [0.1, 0.15) is 11.5 Å². The van der Waals surface area contributed by atoms with E-state index in [9.17, 15) is 0 Å². The summed E-state index contributed by atoms with van der Waals surface area (Å²) in [4.78, 5) is 0. The van der Waals surface area contributed by atoms with E-state index in [-0.39, 0.29) is 0 Å². The Morgan fingerprint density at radius 3 is 2.67 bits per heavy atom. The number of rotatable bonds is 7. The van der Waals surface area contributed by atoms with Crippen molar-refractivity contribution >= 4 is 0 Å². The van der Waals surface area contributed by atoms with E-state index in [0.29, 0.717) is 24.9 Å². The Bertz CT molecular complexity index is 801. The van der Waals surface area contributed by atoms with Crippen LogP contribution in [-0.2, 0) is 13.1 Å². The Morgan fingerprint density at radius 2 is 1.83 bits per heavy atom. The van der Waals surface area contributed by atoms with E-state index in [4.69, 9.17) is 13.9 Å². The largest absolute Gasteiger partial charge is 0.497 e. The number of hydrogen-bond donors (Lipinski definition) is 1. The molecule has 2 aromatic carbocycles. The van der Waals surface area contributed by atoms with Gasteiger partial charge in [-0.15, -0.1) is 10.2 Å². The second-order valence-electron chi connectivity index (χ2n) is 5.15. The molecule has 0 unspecified atom stereocenters. The minimum atomic E-state index is 0.475. The van der Waals surface area contributed by atoms with Crippen molar-refractivity contribution in [1.29, 1.82) is 0 Å². The second-order valence-corrected chi connectivity index (χ2v) is 5.15. The molecule has 124 valence electrons. The highest BCUT2D eigenvalue weighted by molar-refractivity contribution is 5.55. The molecule has 3 aromatic rings. The lowest BCUT2D eigenvalue weighted by atomic mass is 10.2. The molecule has 0 spiro atoms. The average Bonchev–Trinajstić information content (AvgIpc) is 3.11. The molecule has 1 heterocycles. The Labute approximate surface area is 140 Å². The Hall–Kier alpha value is -2.86. The van der Waals surface area contributed by atoms with E-state index >= 15 is 0 Å². The molecule has 0 saturated carbocycles. The zero-order valence-corrected chi connectivity index (χ0v) is 13.7. The predicted molar refractivity (Wildman–Crippen MR) is 89.8 cm³/mol. The number of nitrogens with one attached hydrogen (secondary N) is 1. The first-order valence-corrected chi connectivity index (χ1v) is 7.59.